The third-order valence-corrected chi connectivity index (χ3v) is 2.82. The van der Waals surface area contributed by atoms with Gasteiger partial charge in [-0.15, -0.1) is 0 Å². The van der Waals surface area contributed by atoms with Crippen LogP contribution < -0.4 is 5.32 Å². The molecule has 0 atom stereocenters. The molecule has 0 saturated heterocycles. The van der Waals surface area contributed by atoms with Gasteiger partial charge >= 0.3 is 0 Å². The van der Waals surface area contributed by atoms with Crippen LogP contribution in [0.25, 0.3) is 0 Å². The van der Waals surface area contributed by atoms with Crippen LogP contribution in [0, 0.1) is 16.7 Å². The fourth-order valence-corrected chi connectivity index (χ4v) is 1.55. The van der Waals surface area contributed by atoms with E-state index in [2.05, 4.69) is 25.2 Å². The fourth-order valence-electron chi connectivity index (χ4n) is 1.55. The highest BCUT2D eigenvalue weighted by molar-refractivity contribution is 5.44. The highest BCUT2D eigenvalue weighted by atomic mass is 16.3. The first-order valence-corrected chi connectivity index (χ1v) is 5.88. The van der Waals surface area contributed by atoms with Crippen molar-refractivity contribution in [2.24, 2.45) is 5.41 Å². The first-order chi connectivity index (χ1) is 8.07. The minimum absolute atomic E-state index is 0.0773. The Balaban J connectivity index is 2.46. The lowest BCUT2D eigenvalue weighted by molar-refractivity contribution is 0.282. The van der Waals surface area contributed by atoms with E-state index in [0.717, 1.165) is 24.2 Å². The number of hydrogen-bond donors (Lipinski definition) is 2. The summed E-state index contributed by atoms with van der Waals surface area (Å²) in [6, 6.07) is 9.92. The molecule has 1 rings (SSSR count). The lowest BCUT2D eigenvalue weighted by Crippen LogP contribution is -2.22. The average Bonchev–Trinajstić information content (AvgIpc) is 2.35. The number of aliphatic hydroxyl groups is 1. The van der Waals surface area contributed by atoms with Gasteiger partial charge in [0.15, 0.2) is 0 Å². The van der Waals surface area contributed by atoms with Gasteiger partial charge in [0.2, 0.25) is 0 Å². The predicted octanol–water partition coefficient (Wildman–Crippen LogP) is 2.92. The maximum Gasteiger partial charge on any atom is 0.0681 e. The Hall–Kier alpha value is -1.53. The molecule has 0 saturated carbocycles. The highest BCUT2D eigenvalue weighted by Crippen LogP contribution is 2.22. The molecule has 2 N–H and O–H groups in total. The van der Waals surface area contributed by atoms with E-state index >= 15 is 0 Å². The Kier molecular flexibility index (Phi) is 4.99. The molecule has 0 aliphatic carbocycles. The second kappa shape index (κ2) is 6.27. The zero-order chi connectivity index (χ0) is 12.7. The maximum absolute atomic E-state index is 8.93. The molecule has 3 nitrogen and oxygen atoms in total. The summed E-state index contributed by atoms with van der Waals surface area (Å²) in [6.07, 6.45) is 1.49. The van der Waals surface area contributed by atoms with Gasteiger partial charge in [0.25, 0.3) is 0 Å². The van der Waals surface area contributed by atoms with Crippen molar-refractivity contribution < 1.29 is 5.11 Å². The van der Waals surface area contributed by atoms with Crippen LogP contribution in [0.15, 0.2) is 24.3 Å². The third kappa shape index (κ3) is 4.88. The van der Waals surface area contributed by atoms with E-state index in [9.17, 15) is 0 Å². The molecule has 0 radical (unpaired) electrons. The van der Waals surface area contributed by atoms with Gasteiger partial charge in [0, 0.05) is 18.7 Å². The van der Waals surface area contributed by atoms with Crippen molar-refractivity contribution >= 4 is 5.69 Å². The monoisotopic (exact) mass is 232 g/mol. The van der Waals surface area contributed by atoms with Crippen LogP contribution >= 0.6 is 0 Å². The Bertz CT molecular complexity index is 376. The zero-order valence-electron chi connectivity index (χ0n) is 10.5. The largest absolute Gasteiger partial charge is 0.392 e. The fraction of sp³-hybridized carbons (Fsp3) is 0.500. The van der Waals surface area contributed by atoms with Crippen molar-refractivity contribution in [2.45, 2.75) is 33.3 Å². The van der Waals surface area contributed by atoms with Crippen LogP contribution in [0.1, 0.15) is 32.3 Å². The minimum atomic E-state index is 0.0773. The highest BCUT2D eigenvalue weighted by Gasteiger charge is 2.16. The Morgan fingerprint density at radius 3 is 2.47 bits per heavy atom. The van der Waals surface area contributed by atoms with Gasteiger partial charge < -0.3 is 10.4 Å². The Morgan fingerprint density at radius 1 is 1.29 bits per heavy atom. The van der Waals surface area contributed by atoms with E-state index in [1.807, 2.05) is 24.3 Å². The topological polar surface area (TPSA) is 56.0 Å². The molecular weight excluding hydrogens is 212 g/mol. The number of rotatable bonds is 6. The number of nitriles is 1. The van der Waals surface area contributed by atoms with Crippen molar-refractivity contribution in [1.82, 2.24) is 0 Å². The van der Waals surface area contributed by atoms with E-state index in [1.54, 1.807) is 0 Å². The van der Waals surface area contributed by atoms with E-state index in [0.29, 0.717) is 6.42 Å². The summed E-state index contributed by atoms with van der Waals surface area (Å²) in [4.78, 5) is 0. The van der Waals surface area contributed by atoms with Crippen LogP contribution in [-0.4, -0.2) is 11.7 Å². The van der Waals surface area contributed by atoms with Crippen LogP contribution in [-0.2, 0) is 6.61 Å². The number of nitrogens with zero attached hydrogens (tertiary/aromatic N) is 1. The summed E-state index contributed by atoms with van der Waals surface area (Å²) in [7, 11) is 0. The molecule has 0 aromatic heterocycles. The van der Waals surface area contributed by atoms with Gasteiger partial charge in [-0.1, -0.05) is 26.0 Å². The minimum Gasteiger partial charge on any atom is -0.392 e. The molecule has 0 unspecified atom stereocenters. The summed E-state index contributed by atoms with van der Waals surface area (Å²) in [5, 5.41) is 20.9. The van der Waals surface area contributed by atoms with Crippen LogP contribution in [0.3, 0.4) is 0 Å². The summed E-state index contributed by atoms with van der Waals surface area (Å²) < 4.78 is 0. The first-order valence-electron chi connectivity index (χ1n) is 5.88. The first kappa shape index (κ1) is 13.5. The lowest BCUT2D eigenvalue weighted by atomic mass is 9.88. The molecule has 1 aromatic rings. The molecule has 1 aromatic carbocycles. The summed E-state index contributed by atoms with van der Waals surface area (Å²) in [5.74, 6) is 0. The van der Waals surface area contributed by atoms with Crippen molar-refractivity contribution in [3.63, 3.8) is 0 Å². The molecule has 92 valence electrons. The Labute approximate surface area is 103 Å². The van der Waals surface area contributed by atoms with Gasteiger partial charge in [0.1, 0.15) is 0 Å². The van der Waals surface area contributed by atoms with Crippen LogP contribution in [0.4, 0.5) is 5.69 Å². The van der Waals surface area contributed by atoms with Gasteiger partial charge in [-0.3, -0.25) is 0 Å². The molecule has 0 spiro atoms. The van der Waals surface area contributed by atoms with Gasteiger partial charge in [-0.25, -0.2) is 0 Å². The van der Waals surface area contributed by atoms with Crippen LogP contribution in [0.2, 0.25) is 0 Å². The maximum atomic E-state index is 8.93. The number of hydrogen-bond acceptors (Lipinski definition) is 3. The standard InChI is InChI=1S/C14H20N2O/c1-14(2,8-3-9-15)11-16-13-6-4-12(10-17)5-7-13/h4-7,16-17H,3,8,10-11H2,1-2H3. The quantitative estimate of drug-likeness (QED) is 0.793. The molecule has 0 amide bonds. The van der Waals surface area contributed by atoms with E-state index < -0.39 is 0 Å². The van der Waals surface area contributed by atoms with E-state index in [1.165, 1.54) is 0 Å². The number of nitrogens with one attached hydrogen (secondary N) is 1. The molecule has 0 fully saturated rings. The number of benzene rings is 1. The smallest absolute Gasteiger partial charge is 0.0681 e. The van der Waals surface area contributed by atoms with Crippen molar-refractivity contribution in [3.8, 4) is 6.07 Å². The summed E-state index contributed by atoms with van der Waals surface area (Å²) in [6.45, 7) is 5.22. The zero-order valence-corrected chi connectivity index (χ0v) is 10.5. The third-order valence-electron chi connectivity index (χ3n) is 2.82. The molecule has 17 heavy (non-hydrogen) atoms. The van der Waals surface area contributed by atoms with E-state index in [-0.39, 0.29) is 12.0 Å². The molecular formula is C14H20N2O. The van der Waals surface area contributed by atoms with E-state index in [4.69, 9.17) is 10.4 Å². The second-order valence-electron chi connectivity index (χ2n) is 5.03. The molecule has 0 aliphatic rings. The van der Waals surface area contributed by atoms with Crippen LogP contribution in [0.5, 0.6) is 0 Å². The molecule has 3 heteroatoms. The predicted molar refractivity (Wildman–Crippen MR) is 69.5 cm³/mol. The van der Waals surface area contributed by atoms with Crippen molar-refractivity contribution in [3.05, 3.63) is 29.8 Å². The van der Waals surface area contributed by atoms with Gasteiger partial charge in [0.05, 0.1) is 12.7 Å². The molecule has 0 bridgehead atoms. The molecule has 0 heterocycles. The SMILES string of the molecule is CC(C)(CCC#N)CNc1ccc(CO)cc1. The van der Waals surface area contributed by atoms with Gasteiger partial charge in [-0.2, -0.15) is 5.26 Å². The second-order valence-corrected chi connectivity index (χ2v) is 5.03. The summed E-state index contributed by atoms with van der Waals surface area (Å²) >= 11 is 0. The van der Waals surface area contributed by atoms with Gasteiger partial charge in [-0.05, 0) is 29.5 Å². The number of aliphatic hydroxyl groups excluding tert-OH is 1. The lowest BCUT2D eigenvalue weighted by Gasteiger charge is -2.24. The summed E-state index contributed by atoms with van der Waals surface area (Å²) in [5.41, 5.74) is 2.08. The Morgan fingerprint density at radius 2 is 1.94 bits per heavy atom. The normalized spacial score (nSPS) is 10.9. The number of anilines is 1. The van der Waals surface area contributed by atoms with Crippen molar-refractivity contribution in [1.29, 1.82) is 5.26 Å². The molecule has 0 aliphatic heterocycles. The van der Waals surface area contributed by atoms with Crippen molar-refractivity contribution in [2.75, 3.05) is 11.9 Å². The average molecular weight is 232 g/mol.